The van der Waals surface area contributed by atoms with E-state index in [4.69, 9.17) is 10.2 Å². The first kappa shape index (κ1) is 12.9. The van der Waals surface area contributed by atoms with Crippen LogP contribution in [-0.4, -0.2) is 30.4 Å². The fourth-order valence-corrected chi connectivity index (χ4v) is 2.57. The van der Waals surface area contributed by atoms with Crippen LogP contribution in [0.3, 0.4) is 0 Å². The molecule has 5 heteroatoms. The third-order valence-electron chi connectivity index (χ3n) is 3.75. The number of hydrogen-bond acceptors (Lipinski definition) is 4. The Morgan fingerprint density at radius 2 is 2.20 bits per heavy atom. The standard InChI is InChI=1S/C15H16N2O3/c16-8-10-5-6-17(9-10)15(19)14-7-12(18)11-3-1-2-4-13(11)20-14/h1-4,7,10H,5-6,8-9,16H2. The molecule has 1 unspecified atom stereocenters. The summed E-state index contributed by atoms with van der Waals surface area (Å²) in [4.78, 5) is 26.0. The SMILES string of the molecule is NCC1CCN(C(=O)c2cc(=O)c3ccccc3o2)C1. The van der Waals surface area contributed by atoms with Crippen LogP contribution in [0, 0.1) is 5.92 Å². The molecule has 2 heterocycles. The molecule has 2 aromatic rings. The first-order valence-corrected chi connectivity index (χ1v) is 6.71. The van der Waals surface area contributed by atoms with Gasteiger partial charge in [-0.15, -0.1) is 0 Å². The zero-order chi connectivity index (χ0) is 14.1. The molecule has 1 saturated heterocycles. The lowest BCUT2D eigenvalue weighted by Crippen LogP contribution is -2.30. The summed E-state index contributed by atoms with van der Waals surface area (Å²) in [6, 6.07) is 8.21. The summed E-state index contributed by atoms with van der Waals surface area (Å²) in [5.74, 6) is 0.210. The van der Waals surface area contributed by atoms with Gasteiger partial charge in [-0.2, -0.15) is 0 Å². The summed E-state index contributed by atoms with van der Waals surface area (Å²) in [5, 5.41) is 0.491. The number of para-hydroxylation sites is 1. The largest absolute Gasteiger partial charge is 0.451 e. The maximum atomic E-state index is 12.4. The van der Waals surface area contributed by atoms with E-state index in [1.807, 2.05) is 0 Å². The van der Waals surface area contributed by atoms with Gasteiger partial charge in [-0.05, 0) is 31.0 Å². The summed E-state index contributed by atoms with van der Waals surface area (Å²) in [7, 11) is 0. The quantitative estimate of drug-likeness (QED) is 0.891. The van der Waals surface area contributed by atoms with Crippen molar-refractivity contribution in [2.24, 2.45) is 11.7 Å². The number of carbonyl (C=O) groups excluding carboxylic acids is 1. The van der Waals surface area contributed by atoms with Crippen molar-refractivity contribution in [1.29, 1.82) is 0 Å². The van der Waals surface area contributed by atoms with Crippen molar-refractivity contribution in [3.05, 3.63) is 46.3 Å². The number of benzene rings is 1. The van der Waals surface area contributed by atoms with Crippen molar-refractivity contribution in [3.8, 4) is 0 Å². The van der Waals surface area contributed by atoms with Crippen molar-refractivity contribution >= 4 is 16.9 Å². The second-order valence-electron chi connectivity index (χ2n) is 5.11. The molecule has 0 spiro atoms. The maximum absolute atomic E-state index is 12.4. The van der Waals surface area contributed by atoms with E-state index in [9.17, 15) is 9.59 Å². The zero-order valence-electron chi connectivity index (χ0n) is 11.0. The van der Waals surface area contributed by atoms with Gasteiger partial charge in [0.1, 0.15) is 5.58 Å². The summed E-state index contributed by atoms with van der Waals surface area (Å²) < 4.78 is 5.56. The number of carbonyl (C=O) groups is 1. The van der Waals surface area contributed by atoms with Gasteiger partial charge in [0.05, 0.1) is 5.39 Å². The fraction of sp³-hybridized carbons (Fsp3) is 0.333. The van der Waals surface area contributed by atoms with Gasteiger partial charge >= 0.3 is 0 Å². The normalized spacial score (nSPS) is 18.6. The van der Waals surface area contributed by atoms with Gasteiger partial charge in [0, 0.05) is 19.2 Å². The molecule has 1 atom stereocenters. The number of amides is 1. The van der Waals surface area contributed by atoms with Gasteiger partial charge < -0.3 is 15.1 Å². The molecule has 0 bridgehead atoms. The molecular formula is C15H16N2O3. The van der Waals surface area contributed by atoms with E-state index < -0.39 is 0 Å². The van der Waals surface area contributed by atoms with Crippen LogP contribution in [0.15, 0.2) is 39.5 Å². The van der Waals surface area contributed by atoms with E-state index in [-0.39, 0.29) is 17.1 Å². The number of likely N-dealkylation sites (tertiary alicyclic amines) is 1. The monoisotopic (exact) mass is 272 g/mol. The third-order valence-corrected chi connectivity index (χ3v) is 3.75. The maximum Gasteiger partial charge on any atom is 0.289 e. The third kappa shape index (κ3) is 2.20. The predicted octanol–water partition coefficient (Wildman–Crippen LogP) is 1.21. The van der Waals surface area contributed by atoms with Crippen LogP contribution >= 0.6 is 0 Å². The molecule has 104 valence electrons. The van der Waals surface area contributed by atoms with Crippen molar-refractivity contribution in [2.75, 3.05) is 19.6 Å². The van der Waals surface area contributed by atoms with Crippen molar-refractivity contribution in [3.63, 3.8) is 0 Å². The van der Waals surface area contributed by atoms with Crippen LogP contribution in [0.25, 0.3) is 11.0 Å². The highest BCUT2D eigenvalue weighted by atomic mass is 16.3. The number of hydrogen-bond donors (Lipinski definition) is 1. The molecule has 0 aliphatic carbocycles. The van der Waals surface area contributed by atoms with Gasteiger partial charge in [0.15, 0.2) is 11.2 Å². The second-order valence-corrected chi connectivity index (χ2v) is 5.11. The van der Waals surface area contributed by atoms with Gasteiger partial charge in [0.25, 0.3) is 5.91 Å². The summed E-state index contributed by atoms with van der Waals surface area (Å²) in [6.45, 7) is 1.87. The number of fused-ring (bicyclic) bond motifs is 1. The van der Waals surface area contributed by atoms with E-state index in [0.29, 0.717) is 36.5 Å². The molecule has 2 N–H and O–H groups in total. The summed E-state index contributed by atoms with van der Waals surface area (Å²) in [5.41, 5.74) is 5.87. The molecule has 20 heavy (non-hydrogen) atoms. The Kier molecular flexibility index (Phi) is 3.28. The molecule has 0 radical (unpaired) electrons. The first-order chi connectivity index (χ1) is 9.69. The van der Waals surface area contributed by atoms with Crippen LogP contribution in [0.1, 0.15) is 17.0 Å². The first-order valence-electron chi connectivity index (χ1n) is 6.71. The highest BCUT2D eigenvalue weighted by molar-refractivity contribution is 5.93. The topological polar surface area (TPSA) is 76.5 Å². The molecule has 5 nitrogen and oxygen atoms in total. The lowest BCUT2D eigenvalue weighted by Gasteiger charge is -2.15. The van der Waals surface area contributed by atoms with Crippen LogP contribution in [0.2, 0.25) is 0 Å². The average Bonchev–Trinajstić information content (AvgIpc) is 2.95. The van der Waals surface area contributed by atoms with Crippen molar-refractivity contribution in [2.45, 2.75) is 6.42 Å². The molecule has 3 rings (SSSR count). The highest BCUT2D eigenvalue weighted by Crippen LogP contribution is 2.19. The van der Waals surface area contributed by atoms with Gasteiger partial charge in [-0.1, -0.05) is 12.1 Å². The van der Waals surface area contributed by atoms with E-state index >= 15 is 0 Å². The molecule has 1 aliphatic rings. The number of nitrogens with two attached hydrogens (primary N) is 1. The smallest absolute Gasteiger partial charge is 0.289 e. The van der Waals surface area contributed by atoms with Gasteiger partial charge in [-0.3, -0.25) is 9.59 Å². The highest BCUT2D eigenvalue weighted by Gasteiger charge is 2.27. The number of nitrogens with zero attached hydrogens (tertiary/aromatic N) is 1. The Hall–Kier alpha value is -2.14. The lowest BCUT2D eigenvalue weighted by molar-refractivity contribution is 0.0756. The minimum Gasteiger partial charge on any atom is -0.451 e. The molecule has 1 amide bonds. The van der Waals surface area contributed by atoms with E-state index in [2.05, 4.69) is 0 Å². The molecule has 1 fully saturated rings. The van der Waals surface area contributed by atoms with E-state index in [0.717, 1.165) is 6.42 Å². The Balaban J connectivity index is 1.94. The summed E-state index contributed by atoms with van der Waals surface area (Å²) in [6.07, 6.45) is 0.903. The van der Waals surface area contributed by atoms with Gasteiger partial charge in [0.2, 0.25) is 0 Å². The molecule has 0 saturated carbocycles. The molecule has 1 aliphatic heterocycles. The minimum absolute atomic E-state index is 0.103. The summed E-state index contributed by atoms with van der Waals surface area (Å²) >= 11 is 0. The van der Waals surface area contributed by atoms with Crippen molar-refractivity contribution in [1.82, 2.24) is 4.90 Å². The Bertz CT molecular complexity index is 708. The number of rotatable bonds is 2. The lowest BCUT2D eigenvalue weighted by atomic mass is 10.1. The van der Waals surface area contributed by atoms with Crippen molar-refractivity contribution < 1.29 is 9.21 Å². The predicted molar refractivity (Wildman–Crippen MR) is 75.5 cm³/mol. The second kappa shape index (κ2) is 5.09. The Labute approximate surface area is 116 Å². The molecule has 1 aromatic carbocycles. The Morgan fingerprint density at radius 3 is 2.95 bits per heavy atom. The van der Waals surface area contributed by atoms with E-state index in [1.54, 1.807) is 29.2 Å². The fourth-order valence-electron chi connectivity index (χ4n) is 2.57. The molecular weight excluding hydrogens is 256 g/mol. The van der Waals surface area contributed by atoms with Crippen LogP contribution < -0.4 is 11.2 Å². The zero-order valence-corrected chi connectivity index (χ0v) is 11.0. The molecule has 1 aromatic heterocycles. The van der Waals surface area contributed by atoms with Gasteiger partial charge in [-0.25, -0.2) is 0 Å². The van der Waals surface area contributed by atoms with Crippen LogP contribution in [0.5, 0.6) is 0 Å². The van der Waals surface area contributed by atoms with Crippen LogP contribution in [0.4, 0.5) is 0 Å². The van der Waals surface area contributed by atoms with Crippen LogP contribution in [-0.2, 0) is 0 Å². The Morgan fingerprint density at radius 1 is 1.40 bits per heavy atom. The average molecular weight is 272 g/mol. The minimum atomic E-state index is -0.233. The van der Waals surface area contributed by atoms with E-state index in [1.165, 1.54) is 6.07 Å².